The van der Waals surface area contributed by atoms with Gasteiger partial charge < -0.3 is 30.1 Å². The lowest BCUT2D eigenvalue weighted by Crippen LogP contribution is -2.52. The minimum absolute atomic E-state index is 0.379. The summed E-state index contributed by atoms with van der Waals surface area (Å²) in [6.07, 6.45) is 6.65. The zero-order chi connectivity index (χ0) is 36.8. The molecule has 2 atom stereocenters. The molecule has 3 rings (SSSR count). The third kappa shape index (κ3) is 11.7. The summed E-state index contributed by atoms with van der Waals surface area (Å²) >= 11 is 0. The molecule has 3 aromatic rings. The van der Waals surface area contributed by atoms with E-state index < -0.39 is 33.8 Å². The minimum atomic E-state index is -0.858. The molecule has 2 aromatic carbocycles. The third-order valence-electron chi connectivity index (χ3n) is 9.08. The van der Waals surface area contributed by atoms with Crippen LogP contribution in [0.1, 0.15) is 131 Å². The van der Waals surface area contributed by atoms with Crippen LogP contribution in [0.15, 0.2) is 51.7 Å². The monoisotopic (exact) mass is 678 g/mol. The maximum Gasteiger partial charge on any atom is 0.344 e. The lowest BCUT2D eigenvalue weighted by molar-refractivity contribution is -0.168. The van der Waals surface area contributed by atoms with Crippen molar-refractivity contribution >= 4 is 16.9 Å². The van der Waals surface area contributed by atoms with Crippen LogP contribution in [0.2, 0.25) is 0 Å². The number of fused-ring (bicyclic) bond motifs is 1. The fourth-order valence-corrected chi connectivity index (χ4v) is 6.93. The Labute approximate surface area is 294 Å². The smallest absolute Gasteiger partial charge is 0.344 e. The first-order valence-electron chi connectivity index (χ1n) is 17.9. The standard InChI is InChI=1S/C41H62N2O6/c1-12-14-15-16-27(13-2)28-18-20-32(30(21-28)25-46-11)33-22-29-17-19-31(23-35(29)47-36(33)44)48-39(5,6)26-40(7,8)49-37(45)34(41(9,10)43)24-38(3,4)42/h17-23,27,34H,12-16,24-26,42-43H2,1-11H3. The second kappa shape index (κ2) is 16.2. The highest BCUT2D eigenvalue weighted by Gasteiger charge is 2.41. The molecule has 49 heavy (non-hydrogen) atoms. The summed E-state index contributed by atoms with van der Waals surface area (Å²) < 4.78 is 23.9. The highest BCUT2D eigenvalue weighted by molar-refractivity contribution is 5.83. The molecule has 272 valence electrons. The van der Waals surface area contributed by atoms with Crippen molar-refractivity contribution in [2.75, 3.05) is 7.11 Å². The van der Waals surface area contributed by atoms with Crippen molar-refractivity contribution in [3.63, 3.8) is 0 Å². The summed E-state index contributed by atoms with van der Waals surface area (Å²) in [5, 5.41) is 0.783. The molecule has 0 aliphatic rings. The van der Waals surface area contributed by atoms with E-state index in [-0.39, 0.29) is 5.97 Å². The Hall–Kier alpha value is -3.20. The molecule has 2 unspecified atom stereocenters. The number of ether oxygens (including phenoxy) is 3. The number of carbonyl (C=O) groups is 1. The molecule has 0 radical (unpaired) electrons. The number of carbonyl (C=O) groups excluding carboxylic acids is 1. The van der Waals surface area contributed by atoms with Crippen molar-refractivity contribution in [1.29, 1.82) is 0 Å². The summed E-state index contributed by atoms with van der Waals surface area (Å²) in [5.41, 5.74) is 13.2. The van der Waals surface area contributed by atoms with Crippen LogP contribution in [0.3, 0.4) is 0 Å². The van der Waals surface area contributed by atoms with Gasteiger partial charge in [-0.25, -0.2) is 4.79 Å². The second-order valence-corrected chi connectivity index (χ2v) is 16.4. The Morgan fingerprint density at radius 2 is 1.57 bits per heavy atom. The van der Waals surface area contributed by atoms with Gasteiger partial charge in [-0.15, -0.1) is 0 Å². The molecule has 0 aliphatic carbocycles. The van der Waals surface area contributed by atoms with E-state index >= 15 is 0 Å². The topological polar surface area (TPSA) is 127 Å². The predicted molar refractivity (Wildman–Crippen MR) is 200 cm³/mol. The molecule has 8 nitrogen and oxygen atoms in total. The molecule has 8 heteroatoms. The molecule has 0 amide bonds. The number of hydrogen-bond acceptors (Lipinski definition) is 8. The molecule has 0 saturated carbocycles. The van der Waals surface area contributed by atoms with Gasteiger partial charge in [0.2, 0.25) is 0 Å². The van der Waals surface area contributed by atoms with E-state index in [0.717, 1.165) is 29.4 Å². The van der Waals surface area contributed by atoms with Crippen LogP contribution in [-0.4, -0.2) is 35.4 Å². The van der Waals surface area contributed by atoms with Crippen molar-refractivity contribution in [2.24, 2.45) is 17.4 Å². The molecule has 0 bridgehead atoms. The summed E-state index contributed by atoms with van der Waals surface area (Å²) in [7, 11) is 1.67. The fraction of sp³-hybridized carbons (Fsp3) is 0.610. The number of hydrogen-bond donors (Lipinski definition) is 2. The Morgan fingerprint density at radius 3 is 2.16 bits per heavy atom. The molecular weight excluding hydrogens is 616 g/mol. The van der Waals surface area contributed by atoms with Gasteiger partial charge in [0.25, 0.3) is 0 Å². The van der Waals surface area contributed by atoms with Gasteiger partial charge in [-0.05, 0) is 115 Å². The summed E-state index contributed by atoms with van der Waals surface area (Å²) in [5.74, 6) is 0.0644. The molecule has 0 saturated heterocycles. The Balaban J connectivity index is 1.83. The number of nitrogens with two attached hydrogens (primary N) is 2. The highest BCUT2D eigenvalue weighted by atomic mass is 16.6. The maximum atomic E-state index is 13.4. The lowest BCUT2D eigenvalue weighted by Gasteiger charge is -2.38. The molecular formula is C41H62N2O6. The fourth-order valence-electron chi connectivity index (χ4n) is 6.93. The van der Waals surface area contributed by atoms with Gasteiger partial charge in [0, 0.05) is 36.1 Å². The molecule has 1 aromatic heterocycles. The van der Waals surface area contributed by atoms with Crippen LogP contribution < -0.4 is 21.8 Å². The number of methoxy groups -OCH3 is 1. The van der Waals surface area contributed by atoms with Gasteiger partial charge in [0.1, 0.15) is 22.5 Å². The first-order valence-corrected chi connectivity index (χ1v) is 17.9. The van der Waals surface area contributed by atoms with Crippen molar-refractivity contribution in [3.8, 4) is 16.9 Å². The molecule has 0 fully saturated rings. The van der Waals surface area contributed by atoms with Gasteiger partial charge >= 0.3 is 11.6 Å². The van der Waals surface area contributed by atoms with Crippen molar-refractivity contribution in [1.82, 2.24) is 0 Å². The number of benzene rings is 2. The van der Waals surface area contributed by atoms with Gasteiger partial charge in [-0.1, -0.05) is 51.3 Å². The first-order chi connectivity index (χ1) is 22.7. The first kappa shape index (κ1) is 40.2. The third-order valence-corrected chi connectivity index (χ3v) is 9.08. The van der Waals surface area contributed by atoms with E-state index in [1.54, 1.807) is 13.2 Å². The molecule has 4 N–H and O–H groups in total. The largest absolute Gasteiger partial charge is 0.488 e. The van der Waals surface area contributed by atoms with Crippen molar-refractivity contribution in [3.05, 3.63) is 64.0 Å². The second-order valence-electron chi connectivity index (χ2n) is 16.4. The summed E-state index contributed by atoms with van der Waals surface area (Å²) in [6, 6.07) is 13.7. The van der Waals surface area contributed by atoms with Crippen LogP contribution >= 0.6 is 0 Å². The minimum Gasteiger partial charge on any atom is -0.488 e. The van der Waals surface area contributed by atoms with Crippen LogP contribution in [0.5, 0.6) is 5.75 Å². The van der Waals surface area contributed by atoms with E-state index in [4.69, 9.17) is 30.1 Å². The lowest BCUT2D eigenvalue weighted by atomic mass is 9.79. The number of rotatable bonds is 18. The van der Waals surface area contributed by atoms with Crippen LogP contribution in [-0.2, 0) is 20.9 Å². The van der Waals surface area contributed by atoms with Crippen molar-refractivity contribution < 1.29 is 23.4 Å². The Kier molecular flexibility index (Phi) is 13.3. The SMILES string of the molecule is CCCCCC(CC)c1ccc(-c2cc3ccc(OC(C)(C)CC(C)(C)OC(=O)C(CC(C)(C)N)C(C)(C)N)cc3oc2=O)c(COC)c1. The predicted octanol–water partition coefficient (Wildman–Crippen LogP) is 9.03. The normalized spacial score (nSPS) is 14.1. The molecule has 0 aliphatic heterocycles. The van der Waals surface area contributed by atoms with Crippen LogP contribution in [0.4, 0.5) is 0 Å². The van der Waals surface area contributed by atoms with Crippen molar-refractivity contribution in [2.45, 2.75) is 149 Å². The van der Waals surface area contributed by atoms with Gasteiger partial charge in [0.05, 0.1) is 18.1 Å². The van der Waals surface area contributed by atoms with Crippen LogP contribution in [0.25, 0.3) is 22.1 Å². The van der Waals surface area contributed by atoms with E-state index in [1.165, 1.54) is 24.8 Å². The average Bonchev–Trinajstić information content (AvgIpc) is 2.96. The van der Waals surface area contributed by atoms with E-state index in [0.29, 0.717) is 42.3 Å². The number of unbranched alkanes of at least 4 members (excludes halogenated alkanes) is 2. The van der Waals surface area contributed by atoms with E-state index in [2.05, 4.69) is 26.0 Å². The van der Waals surface area contributed by atoms with Crippen LogP contribution in [0, 0.1) is 5.92 Å². The number of esters is 1. The summed E-state index contributed by atoms with van der Waals surface area (Å²) in [4.78, 5) is 26.8. The molecule has 0 spiro atoms. The molecule has 1 heterocycles. The van der Waals surface area contributed by atoms with Gasteiger partial charge in [0.15, 0.2) is 0 Å². The van der Waals surface area contributed by atoms with Gasteiger partial charge in [-0.3, -0.25) is 4.79 Å². The average molecular weight is 679 g/mol. The van der Waals surface area contributed by atoms with E-state index in [9.17, 15) is 9.59 Å². The zero-order valence-corrected chi connectivity index (χ0v) is 32.0. The highest BCUT2D eigenvalue weighted by Crippen LogP contribution is 2.35. The van der Waals surface area contributed by atoms with E-state index in [1.807, 2.05) is 79.7 Å². The quantitative estimate of drug-likeness (QED) is 0.0775. The Bertz CT molecular complexity index is 1610. The Morgan fingerprint density at radius 1 is 0.878 bits per heavy atom. The maximum absolute atomic E-state index is 13.4. The zero-order valence-electron chi connectivity index (χ0n) is 32.0. The summed E-state index contributed by atoms with van der Waals surface area (Å²) in [6.45, 7) is 19.8. The van der Waals surface area contributed by atoms with Gasteiger partial charge in [-0.2, -0.15) is 0 Å².